The molecule has 4 nitrogen and oxygen atoms in total. The van der Waals surface area contributed by atoms with Crippen molar-refractivity contribution < 1.29 is 0 Å². The predicted molar refractivity (Wildman–Crippen MR) is 76.4 cm³/mol. The Morgan fingerprint density at radius 3 is 2.61 bits per heavy atom. The highest BCUT2D eigenvalue weighted by Crippen LogP contribution is 2.40. The Kier molecular flexibility index (Phi) is 4.22. The molecule has 1 heterocycles. The molecule has 1 aliphatic carbocycles. The van der Waals surface area contributed by atoms with Gasteiger partial charge in [-0.25, -0.2) is 0 Å². The third-order valence-corrected chi connectivity index (χ3v) is 3.65. The van der Waals surface area contributed by atoms with Crippen LogP contribution < -0.4 is 0 Å². The lowest BCUT2D eigenvalue weighted by molar-refractivity contribution is 0.282. The van der Waals surface area contributed by atoms with Gasteiger partial charge in [0, 0.05) is 12.5 Å². The quantitative estimate of drug-likeness (QED) is 0.806. The summed E-state index contributed by atoms with van der Waals surface area (Å²) in [5.74, 6) is 2.47. The van der Waals surface area contributed by atoms with Gasteiger partial charge in [-0.15, -0.1) is 0 Å². The molecule has 5 heteroatoms. The molecular formula is C13H24N4S. The van der Waals surface area contributed by atoms with Gasteiger partial charge >= 0.3 is 0 Å². The van der Waals surface area contributed by atoms with Gasteiger partial charge in [-0.2, -0.15) is 5.10 Å². The van der Waals surface area contributed by atoms with Crippen molar-refractivity contribution in [2.75, 3.05) is 20.6 Å². The molecule has 0 saturated heterocycles. The minimum atomic E-state index is 0.432. The van der Waals surface area contributed by atoms with Crippen LogP contribution >= 0.6 is 12.2 Å². The summed E-state index contributed by atoms with van der Waals surface area (Å²) in [6.45, 7) is 5.55. The number of rotatable bonds is 6. The molecular weight excluding hydrogens is 244 g/mol. The Morgan fingerprint density at radius 2 is 2.11 bits per heavy atom. The maximum atomic E-state index is 5.43. The first-order valence-electron chi connectivity index (χ1n) is 6.80. The van der Waals surface area contributed by atoms with Crippen molar-refractivity contribution in [2.45, 2.75) is 45.1 Å². The lowest BCUT2D eigenvalue weighted by atomic mass is 10.0. The number of hydrogen-bond donors (Lipinski definition) is 1. The SMILES string of the molecule is CC(C)CC(CN(C)C)n1c(C2CC2)n[nH]c1=S. The van der Waals surface area contributed by atoms with E-state index >= 15 is 0 Å². The molecule has 2 rings (SSSR count). The van der Waals surface area contributed by atoms with Crippen molar-refractivity contribution >= 4 is 12.2 Å². The molecule has 1 N–H and O–H groups in total. The second-order valence-corrected chi connectivity index (χ2v) is 6.46. The Morgan fingerprint density at radius 1 is 1.44 bits per heavy atom. The molecule has 1 aromatic heterocycles. The molecule has 0 amide bonds. The molecule has 0 spiro atoms. The second kappa shape index (κ2) is 5.53. The Labute approximate surface area is 114 Å². The Bertz CT molecular complexity index is 432. The Balaban J connectivity index is 2.28. The molecule has 1 aromatic rings. The fraction of sp³-hybridized carbons (Fsp3) is 0.846. The normalized spacial score (nSPS) is 17.7. The largest absolute Gasteiger partial charge is 0.307 e. The summed E-state index contributed by atoms with van der Waals surface area (Å²) in [5.41, 5.74) is 0. The average molecular weight is 268 g/mol. The van der Waals surface area contributed by atoms with Gasteiger partial charge in [-0.05, 0) is 51.5 Å². The van der Waals surface area contributed by atoms with Crippen molar-refractivity contribution in [2.24, 2.45) is 5.92 Å². The summed E-state index contributed by atoms with van der Waals surface area (Å²) >= 11 is 5.43. The van der Waals surface area contributed by atoms with E-state index in [0.717, 1.165) is 17.7 Å². The molecule has 1 atom stereocenters. The fourth-order valence-corrected chi connectivity index (χ4v) is 2.81. The molecule has 0 aromatic carbocycles. The topological polar surface area (TPSA) is 36.9 Å². The smallest absolute Gasteiger partial charge is 0.195 e. The first-order valence-corrected chi connectivity index (χ1v) is 7.21. The summed E-state index contributed by atoms with van der Waals surface area (Å²) < 4.78 is 3.05. The van der Waals surface area contributed by atoms with E-state index in [0.29, 0.717) is 17.9 Å². The number of nitrogens with zero attached hydrogens (tertiary/aromatic N) is 3. The molecule has 0 bridgehead atoms. The van der Waals surface area contributed by atoms with E-state index in [2.05, 4.69) is 47.6 Å². The van der Waals surface area contributed by atoms with Crippen LogP contribution in [-0.4, -0.2) is 40.3 Å². The van der Waals surface area contributed by atoms with Crippen LogP contribution in [0.2, 0.25) is 0 Å². The van der Waals surface area contributed by atoms with Crippen LogP contribution in [0, 0.1) is 10.7 Å². The molecule has 102 valence electrons. The van der Waals surface area contributed by atoms with Crippen LogP contribution in [0.1, 0.15) is 50.9 Å². The van der Waals surface area contributed by atoms with E-state index < -0.39 is 0 Å². The maximum Gasteiger partial charge on any atom is 0.195 e. The molecule has 1 saturated carbocycles. The van der Waals surface area contributed by atoms with Crippen LogP contribution in [0.25, 0.3) is 0 Å². The zero-order chi connectivity index (χ0) is 13.3. The van der Waals surface area contributed by atoms with Crippen molar-refractivity contribution in [3.8, 4) is 0 Å². The van der Waals surface area contributed by atoms with Gasteiger partial charge in [0.2, 0.25) is 0 Å². The number of aromatic nitrogens is 3. The highest BCUT2D eigenvalue weighted by Gasteiger charge is 2.31. The first-order chi connectivity index (χ1) is 8.49. The van der Waals surface area contributed by atoms with E-state index in [9.17, 15) is 0 Å². The van der Waals surface area contributed by atoms with Crippen LogP contribution in [0.4, 0.5) is 0 Å². The lowest BCUT2D eigenvalue weighted by Crippen LogP contribution is -2.27. The van der Waals surface area contributed by atoms with E-state index in [-0.39, 0.29) is 0 Å². The minimum Gasteiger partial charge on any atom is -0.307 e. The number of hydrogen-bond acceptors (Lipinski definition) is 3. The summed E-state index contributed by atoms with van der Waals surface area (Å²) in [6, 6.07) is 0.432. The van der Waals surface area contributed by atoms with E-state index in [4.69, 9.17) is 12.2 Å². The summed E-state index contributed by atoms with van der Waals surface area (Å²) in [4.78, 5) is 2.23. The van der Waals surface area contributed by atoms with Crippen LogP contribution in [-0.2, 0) is 0 Å². The van der Waals surface area contributed by atoms with Gasteiger partial charge < -0.3 is 4.90 Å². The van der Waals surface area contributed by atoms with Gasteiger partial charge in [-0.3, -0.25) is 9.67 Å². The summed E-state index contributed by atoms with van der Waals surface area (Å²) in [6.07, 6.45) is 3.66. The van der Waals surface area contributed by atoms with Crippen molar-refractivity contribution in [3.63, 3.8) is 0 Å². The third kappa shape index (κ3) is 3.20. The minimum absolute atomic E-state index is 0.432. The monoisotopic (exact) mass is 268 g/mol. The van der Waals surface area contributed by atoms with Gasteiger partial charge in [0.15, 0.2) is 4.77 Å². The van der Waals surface area contributed by atoms with Gasteiger partial charge in [0.25, 0.3) is 0 Å². The predicted octanol–water partition coefficient (Wildman–Crippen LogP) is 2.97. The number of H-pyrrole nitrogens is 1. The van der Waals surface area contributed by atoms with E-state index in [1.54, 1.807) is 0 Å². The molecule has 1 fully saturated rings. The van der Waals surface area contributed by atoms with E-state index in [1.165, 1.54) is 18.7 Å². The zero-order valence-electron chi connectivity index (χ0n) is 11.8. The summed E-state index contributed by atoms with van der Waals surface area (Å²) in [5, 5.41) is 7.42. The molecule has 0 aliphatic heterocycles. The zero-order valence-corrected chi connectivity index (χ0v) is 12.6. The average Bonchev–Trinajstić information content (AvgIpc) is 3.00. The number of aromatic amines is 1. The van der Waals surface area contributed by atoms with E-state index in [1.807, 2.05) is 0 Å². The molecule has 1 unspecified atom stereocenters. The van der Waals surface area contributed by atoms with Crippen molar-refractivity contribution in [1.29, 1.82) is 0 Å². The highest BCUT2D eigenvalue weighted by atomic mass is 32.1. The molecule has 0 radical (unpaired) electrons. The number of likely N-dealkylation sites (N-methyl/N-ethyl adjacent to an activating group) is 1. The summed E-state index contributed by atoms with van der Waals surface area (Å²) in [7, 11) is 4.24. The first kappa shape index (κ1) is 13.7. The van der Waals surface area contributed by atoms with Crippen LogP contribution in [0.15, 0.2) is 0 Å². The maximum absolute atomic E-state index is 5.43. The van der Waals surface area contributed by atoms with Gasteiger partial charge in [0.05, 0.1) is 6.04 Å². The van der Waals surface area contributed by atoms with Crippen molar-refractivity contribution in [3.05, 3.63) is 10.6 Å². The third-order valence-electron chi connectivity index (χ3n) is 3.36. The van der Waals surface area contributed by atoms with Gasteiger partial charge in [-0.1, -0.05) is 13.8 Å². The molecule has 1 aliphatic rings. The van der Waals surface area contributed by atoms with Gasteiger partial charge in [0.1, 0.15) is 5.82 Å². The lowest BCUT2D eigenvalue weighted by Gasteiger charge is -2.25. The highest BCUT2D eigenvalue weighted by molar-refractivity contribution is 7.71. The fourth-order valence-electron chi connectivity index (χ4n) is 2.53. The Hall–Kier alpha value is -0.680. The van der Waals surface area contributed by atoms with Crippen molar-refractivity contribution in [1.82, 2.24) is 19.7 Å². The second-order valence-electron chi connectivity index (χ2n) is 6.08. The van der Waals surface area contributed by atoms with Crippen LogP contribution in [0.5, 0.6) is 0 Å². The molecule has 18 heavy (non-hydrogen) atoms. The number of nitrogens with one attached hydrogen (secondary N) is 1. The van der Waals surface area contributed by atoms with Crippen LogP contribution in [0.3, 0.4) is 0 Å². The standard InChI is InChI=1S/C13H24N4S/c1-9(2)7-11(8-16(3)4)17-12(10-5-6-10)14-15-13(17)18/h9-11H,5-8H2,1-4H3,(H,15,18).